The lowest BCUT2D eigenvalue weighted by Gasteiger charge is -2.29. The van der Waals surface area contributed by atoms with Crippen LogP contribution >= 0.6 is 23.4 Å². The molecule has 0 aromatic heterocycles. The van der Waals surface area contributed by atoms with Crippen molar-refractivity contribution in [2.75, 3.05) is 32.2 Å². The van der Waals surface area contributed by atoms with Gasteiger partial charge in [-0.25, -0.2) is 17.6 Å². The number of thioether (sulfide) groups is 1. The minimum atomic E-state index is -1.55. The first-order valence-electron chi connectivity index (χ1n) is 11.7. The molecule has 2 atom stereocenters. The summed E-state index contributed by atoms with van der Waals surface area (Å²) >= 11 is 7.99. The zero-order valence-electron chi connectivity index (χ0n) is 20.0. The van der Waals surface area contributed by atoms with Gasteiger partial charge in [0.15, 0.2) is 17.5 Å². The van der Waals surface area contributed by atoms with Crippen LogP contribution in [0, 0.1) is 23.4 Å². The van der Waals surface area contributed by atoms with Gasteiger partial charge in [0.2, 0.25) is 0 Å². The zero-order chi connectivity index (χ0) is 26.1. The Labute approximate surface area is 219 Å². The first-order valence-corrected chi connectivity index (χ1v) is 13.2. The second kappa shape index (κ2) is 14.0. The SMILES string of the molecule is C=C/C(=C\C=C(/CF)c1ccc(-c2cc(F)c(F)c(F)c2)c(Cl)c1)C1OCC(COCCCC)CS1. The van der Waals surface area contributed by atoms with Crippen LogP contribution in [0.1, 0.15) is 25.3 Å². The van der Waals surface area contributed by atoms with Crippen molar-refractivity contribution in [1.82, 2.24) is 0 Å². The highest BCUT2D eigenvalue weighted by Crippen LogP contribution is 2.33. The number of halogens is 5. The molecule has 0 spiro atoms. The maximum absolute atomic E-state index is 13.9. The highest BCUT2D eigenvalue weighted by atomic mass is 35.5. The molecule has 0 aliphatic carbocycles. The average Bonchev–Trinajstić information content (AvgIpc) is 2.88. The summed E-state index contributed by atoms with van der Waals surface area (Å²) in [5.41, 5.74) is 1.87. The quantitative estimate of drug-likeness (QED) is 0.123. The standard InChI is InChI=1S/C28H29ClF4O2S/c1-3-5-10-34-15-18-16-35-28(36-17-18)19(4-2)6-7-21(14-30)20-8-9-23(24(29)11-20)22-12-25(31)27(33)26(32)13-22/h4,6-9,11-13,18,28H,2-3,5,10,14-17H2,1H3/b19-6+,21-7+. The van der Waals surface area contributed by atoms with E-state index in [0.717, 1.165) is 42.9 Å². The molecule has 3 rings (SSSR count). The van der Waals surface area contributed by atoms with Gasteiger partial charge in [-0.05, 0) is 46.9 Å². The second-order valence-corrected chi connectivity index (χ2v) is 9.94. The van der Waals surface area contributed by atoms with E-state index in [1.807, 2.05) is 0 Å². The molecule has 2 aromatic rings. The van der Waals surface area contributed by atoms with E-state index in [1.165, 1.54) is 12.1 Å². The van der Waals surface area contributed by atoms with E-state index in [4.69, 9.17) is 21.1 Å². The Kier molecular flexibility index (Phi) is 11.1. The number of benzene rings is 2. The lowest BCUT2D eigenvalue weighted by Crippen LogP contribution is -2.29. The predicted molar refractivity (Wildman–Crippen MR) is 140 cm³/mol. The fraction of sp³-hybridized carbons (Fsp3) is 0.357. The Morgan fingerprint density at radius 3 is 2.53 bits per heavy atom. The van der Waals surface area contributed by atoms with Gasteiger partial charge in [-0.1, -0.05) is 61.9 Å². The van der Waals surface area contributed by atoms with Gasteiger partial charge in [0.1, 0.15) is 12.1 Å². The summed E-state index contributed by atoms with van der Waals surface area (Å²) in [6, 6.07) is 6.37. The maximum Gasteiger partial charge on any atom is 0.194 e. The molecule has 1 aliphatic rings. The molecule has 1 fully saturated rings. The van der Waals surface area contributed by atoms with Crippen LogP contribution in [0.15, 0.2) is 60.7 Å². The lowest BCUT2D eigenvalue weighted by molar-refractivity contribution is 0.0389. The smallest absolute Gasteiger partial charge is 0.194 e. The first kappa shape index (κ1) is 28.5. The van der Waals surface area contributed by atoms with Crippen molar-refractivity contribution < 1.29 is 27.0 Å². The Hall–Kier alpha value is -2.06. The monoisotopic (exact) mass is 540 g/mol. The highest BCUT2D eigenvalue weighted by molar-refractivity contribution is 8.00. The summed E-state index contributed by atoms with van der Waals surface area (Å²) in [7, 11) is 0. The third kappa shape index (κ3) is 7.48. The number of allylic oxidation sites excluding steroid dienone is 3. The molecule has 0 radical (unpaired) electrons. The average molecular weight is 541 g/mol. The van der Waals surface area contributed by atoms with E-state index < -0.39 is 24.1 Å². The summed E-state index contributed by atoms with van der Waals surface area (Å²) in [5, 5.41) is 0.156. The molecule has 0 bridgehead atoms. The van der Waals surface area contributed by atoms with E-state index in [2.05, 4.69) is 13.5 Å². The summed E-state index contributed by atoms with van der Waals surface area (Å²) in [6.07, 6.45) is 7.25. The van der Waals surface area contributed by atoms with Crippen LogP contribution in [0.2, 0.25) is 5.02 Å². The van der Waals surface area contributed by atoms with Crippen LogP contribution in [-0.4, -0.2) is 37.7 Å². The van der Waals surface area contributed by atoms with Crippen LogP contribution in [0.3, 0.4) is 0 Å². The van der Waals surface area contributed by atoms with Crippen LogP contribution in [-0.2, 0) is 9.47 Å². The Bertz CT molecular complexity index is 1090. The third-order valence-electron chi connectivity index (χ3n) is 5.73. The summed E-state index contributed by atoms with van der Waals surface area (Å²) in [5.74, 6) is -2.95. The Balaban J connectivity index is 1.71. The Morgan fingerprint density at radius 2 is 1.94 bits per heavy atom. The second-order valence-electron chi connectivity index (χ2n) is 8.44. The van der Waals surface area contributed by atoms with Gasteiger partial charge < -0.3 is 9.47 Å². The molecule has 8 heteroatoms. The van der Waals surface area contributed by atoms with E-state index in [9.17, 15) is 17.6 Å². The fourth-order valence-electron chi connectivity index (χ4n) is 3.65. The molecule has 1 saturated heterocycles. The molecule has 0 amide bonds. The van der Waals surface area contributed by atoms with Crippen molar-refractivity contribution >= 4 is 28.9 Å². The van der Waals surface area contributed by atoms with Gasteiger partial charge in [-0.3, -0.25) is 0 Å². The van der Waals surface area contributed by atoms with Crippen molar-refractivity contribution in [2.45, 2.75) is 25.2 Å². The topological polar surface area (TPSA) is 18.5 Å². The van der Waals surface area contributed by atoms with Gasteiger partial charge in [-0.15, -0.1) is 11.8 Å². The number of unbranched alkanes of at least 4 members (excludes halogenated alkanes) is 1. The van der Waals surface area contributed by atoms with Crippen molar-refractivity contribution in [2.24, 2.45) is 5.92 Å². The molecule has 0 N–H and O–H groups in total. The maximum atomic E-state index is 13.9. The van der Waals surface area contributed by atoms with Gasteiger partial charge in [0, 0.05) is 28.9 Å². The predicted octanol–water partition coefficient (Wildman–Crippen LogP) is 8.41. The van der Waals surface area contributed by atoms with Gasteiger partial charge in [0.05, 0.1) is 13.2 Å². The van der Waals surface area contributed by atoms with Crippen LogP contribution < -0.4 is 0 Å². The molecular formula is C28H29ClF4O2S. The van der Waals surface area contributed by atoms with Gasteiger partial charge >= 0.3 is 0 Å². The number of rotatable bonds is 11. The van der Waals surface area contributed by atoms with Crippen molar-refractivity contribution in [1.29, 1.82) is 0 Å². The molecule has 2 unspecified atom stereocenters. The van der Waals surface area contributed by atoms with E-state index >= 15 is 0 Å². The van der Waals surface area contributed by atoms with E-state index in [-0.39, 0.29) is 16.0 Å². The van der Waals surface area contributed by atoms with Crippen LogP contribution in [0.4, 0.5) is 17.6 Å². The first-order chi connectivity index (χ1) is 17.4. The molecule has 36 heavy (non-hydrogen) atoms. The Morgan fingerprint density at radius 1 is 1.19 bits per heavy atom. The van der Waals surface area contributed by atoms with Crippen molar-refractivity contribution in [3.8, 4) is 11.1 Å². The molecule has 1 heterocycles. The molecule has 0 saturated carbocycles. The minimum absolute atomic E-state index is 0.0862. The minimum Gasteiger partial charge on any atom is -0.381 e. The highest BCUT2D eigenvalue weighted by Gasteiger charge is 2.24. The van der Waals surface area contributed by atoms with Crippen LogP contribution in [0.5, 0.6) is 0 Å². The van der Waals surface area contributed by atoms with Gasteiger partial charge in [0.25, 0.3) is 0 Å². The largest absolute Gasteiger partial charge is 0.381 e. The number of hydrogen-bond donors (Lipinski definition) is 0. The molecule has 2 aromatic carbocycles. The van der Waals surface area contributed by atoms with E-state index in [0.29, 0.717) is 35.8 Å². The van der Waals surface area contributed by atoms with Crippen molar-refractivity contribution in [3.63, 3.8) is 0 Å². The molecule has 194 valence electrons. The van der Waals surface area contributed by atoms with Crippen molar-refractivity contribution in [3.05, 3.63) is 88.7 Å². The molecule has 1 aliphatic heterocycles. The van der Waals surface area contributed by atoms with Gasteiger partial charge in [-0.2, -0.15) is 0 Å². The van der Waals surface area contributed by atoms with Crippen LogP contribution in [0.25, 0.3) is 16.7 Å². The fourth-order valence-corrected chi connectivity index (χ4v) is 5.12. The normalized spacial score (nSPS) is 18.9. The summed E-state index contributed by atoms with van der Waals surface area (Å²) in [6.45, 7) is 7.25. The van der Waals surface area contributed by atoms with E-state index in [1.54, 1.807) is 36.1 Å². The lowest BCUT2D eigenvalue weighted by atomic mass is 9.99. The number of ether oxygens (including phenoxy) is 2. The zero-order valence-corrected chi connectivity index (χ0v) is 21.6. The number of alkyl halides is 1. The number of hydrogen-bond acceptors (Lipinski definition) is 3. The summed E-state index contributed by atoms with van der Waals surface area (Å²) in [4.78, 5) is 0. The third-order valence-corrected chi connectivity index (χ3v) is 7.41. The molecule has 2 nitrogen and oxygen atoms in total. The summed E-state index contributed by atoms with van der Waals surface area (Å²) < 4.78 is 66.2. The molecular weight excluding hydrogens is 512 g/mol.